The van der Waals surface area contributed by atoms with Gasteiger partial charge in [0.15, 0.2) is 0 Å². The highest BCUT2D eigenvalue weighted by Gasteiger charge is 2.31. The van der Waals surface area contributed by atoms with E-state index in [-0.39, 0.29) is 50.1 Å². The molecule has 0 aliphatic carbocycles. The Morgan fingerprint density at radius 3 is 2.59 bits per heavy atom. The first-order valence-corrected chi connectivity index (χ1v) is 11.6. The maximum atomic E-state index is 13.2. The number of benzene rings is 1. The number of ether oxygens (including phenoxy) is 1. The van der Waals surface area contributed by atoms with Crippen LogP contribution in [0.25, 0.3) is 0 Å². The van der Waals surface area contributed by atoms with E-state index in [0.717, 1.165) is 0 Å². The minimum absolute atomic E-state index is 0.0717. The van der Waals surface area contributed by atoms with Crippen LogP contribution >= 0.6 is 0 Å². The number of aliphatic hydroxyl groups excluding tert-OH is 1. The van der Waals surface area contributed by atoms with Crippen molar-refractivity contribution in [3.63, 3.8) is 0 Å². The van der Waals surface area contributed by atoms with Gasteiger partial charge < -0.3 is 30.3 Å². The maximum Gasteiger partial charge on any atom is 0.255 e. The molecule has 0 radical (unpaired) electrons. The quantitative estimate of drug-likeness (QED) is 0.545. The molecule has 3 N–H and O–H groups in total. The molecule has 10 nitrogen and oxygen atoms in total. The second-order valence-electron chi connectivity index (χ2n) is 8.73. The van der Waals surface area contributed by atoms with Crippen molar-refractivity contribution in [2.75, 3.05) is 39.9 Å². The van der Waals surface area contributed by atoms with Gasteiger partial charge in [-0.15, -0.1) is 0 Å². The molecule has 0 fully saturated rings. The standard InChI is InChI=1S/C24H36N4O6/c1-5-28(10-12-29)24(33)19-15-21(30)25-18(14-16(2)3)23(32)27(4)11-13-34-20-9-7-6-8-17(20)22(31)26-19/h6-9,16,18-19,29H,5,10-15H2,1-4H3,(H,25,30)(H,26,31)/t18-,19-/m0/s1. The largest absolute Gasteiger partial charge is 0.491 e. The number of carbonyl (C=O) groups excluding carboxylic acids is 4. The molecule has 2 rings (SSSR count). The van der Waals surface area contributed by atoms with Gasteiger partial charge in [0.25, 0.3) is 5.91 Å². The lowest BCUT2D eigenvalue weighted by Crippen LogP contribution is -2.54. The smallest absolute Gasteiger partial charge is 0.255 e. The Hall–Kier alpha value is -3.14. The van der Waals surface area contributed by atoms with Crippen molar-refractivity contribution < 1.29 is 29.0 Å². The molecule has 4 amide bonds. The molecule has 0 aromatic heterocycles. The second kappa shape index (κ2) is 12.9. The maximum absolute atomic E-state index is 13.2. The fraction of sp³-hybridized carbons (Fsp3) is 0.583. The number of para-hydroxylation sites is 1. The number of carbonyl (C=O) groups is 4. The summed E-state index contributed by atoms with van der Waals surface area (Å²) in [6.07, 6.45) is 0.0797. The van der Waals surface area contributed by atoms with Crippen LogP contribution in [0.1, 0.15) is 44.0 Å². The fourth-order valence-electron chi connectivity index (χ4n) is 3.78. The Morgan fingerprint density at radius 2 is 1.94 bits per heavy atom. The van der Waals surface area contributed by atoms with Gasteiger partial charge in [-0.1, -0.05) is 26.0 Å². The molecule has 1 aromatic rings. The van der Waals surface area contributed by atoms with E-state index in [1.807, 2.05) is 13.8 Å². The van der Waals surface area contributed by atoms with Crippen LogP contribution in [0.15, 0.2) is 24.3 Å². The monoisotopic (exact) mass is 476 g/mol. The summed E-state index contributed by atoms with van der Waals surface area (Å²) in [5.74, 6) is -1.36. The molecule has 1 heterocycles. The van der Waals surface area contributed by atoms with Crippen LogP contribution in [0.3, 0.4) is 0 Å². The molecule has 1 aliphatic rings. The number of hydrogen-bond donors (Lipinski definition) is 3. The number of hydrogen-bond acceptors (Lipinski definition) is 6. The summed E-state index contributed by atoms with van der Waals surface area (Å²) in [7, 11) is 1.63. The average molecular weight is 477 g/mol. The highest BCUT2D eigenvalue weighted by Crippen LogP contribution is 2.19. The van der Waals surface area contributed by atoms with Gasteiger partial charge in [0.1, 0.15) is 24.4 Å². The normalized spacial score (nSPS) is 20.1. The van der Waals surface area contributed by atoms with Crippen LogP contribution in [0, 0.1) is 5.92 Å². The number of aliphatic hydroxyl groups is 1. The van der Waals surface area contributed by atoms with Crippen LogP contribution in [-0.2, 0) is 14.4 Å². The molecular weight excluding hydrogens is 440 g/mol. The number of rotatable bonds is 6. The van der Waals surface area contributed by atoms with Crippen LogP contribution in [0.2, 0.25) is 0 Å². The molecule has 0 saturated heterocycles. The van der Waals surface area contributed by atoms with E-state index < -0.39 is 29.8 Å². The highest BCUT2D eigenvalue weighted by atomic mass is 16.5. The van der Waals surface area contributed by atoms with Crippen molar-refractivity contribution in [3.8, 4) is 5.75 Å². The van der Waals surface area contributed by atoms with Gasteiger partial charge in [0.05, 0.1) is 25.1 Å². The minimum Gasteiger partial charge on any atom is -0.491 e. The zero-order valence-electron chi connectivity index (χ0n) is 20.4. The summed E-state index contributed by atoms with van der Waals surface area (Å²) >= 11 is 0. The van der Waals surface area contributed by atoms with Gasteiger partial charge in [0.2, 0.25) is 17.7 Å². The molecule has 34 heavy (non-hydrogen) atoms. The van der Waals surface area contributed by atoms with Gasteiger partial charge in [0, 0.05) is 20.1 Å². The summed E-state index contributed by atoms with van der Waals surface area (Å²) in [4.78, 5) is 55.1. The Labute approximate surface area is 200 Å². The van der Waals surface area contributed by atoms with E-state index in [2.05, 4.69) is 10.6 Å². The van der Waals surface area contributed by atoms with Crippen molar-refractivity contribution in [2.24, 2.45) is 5.92 Å². The van der Waals surface area contributed by atoms with Crippen LogP contribution in [0.4, 0.5) is 0 Å². The first-order valence-electron chi connectivity index (χ1n) is 11.6. The summed E-state index contributed by atoms with van der Waals surface area (Å²) in [6, 6.07) is 4.65. The van der Waals surface area contributed by atoms with Crippen molar-refractivity contribution in [3.05, 3.63) is 29.8 Å². The third kappa shape index (κ3) is 7.44. The van der Waals surface area contributed by atoms with E-state index >= 15 is 0 Å². The van der Waals surface area contributed by atoms with Gasteiger partial charge in [-0.05, 0) is 31.4 Å². The average Bonchev–Trinajstić information content (AvgIpc) is 2.80. The third-order valence-corrected chi connectivity index (χ3v) is 5.59. The summed E-state index contributed by atoms with van der Waals surface area (Å²) < 4.78 is 5.79. The minimum atomic E-state index is -1.18. The van der Waals surface area contributed by atoms with Crippen molar-refractivity contribution in [2.45, 2.75) is 45.7 Å². The lowest BCUT2D eigenvalue weighted by molar-refractivity contribution is -0.138. The van der Waals surface area contributed by atoms with E-state index in [4.69, 9.17) is 4.74 Å². The van der Waals surface area contributed by atoms with Crippen LogP contribution in [0.5, 0.6) is 5.75 Å². The summed E-state index contributed by atoms with van der Waals surface area (Å²) in [6.45, 7) is 6.19. The molecule has 1 aromatic carbocycles. The van der Waals surface area contributed by atoms with E-state index in [1.165, 1.54) is 9.80 Å². The van der Waals surface area contributed by atoms with Crippen molar-refractivity contribution >= 4 is 23.6 Å². The molecule has 0 bridgehead atoms. The van der Waals surface area contributed by atoms with E-state index in [1.54, 1.807) is 38.2 Å². The van der Waals surface area contributed by atoms with Crippen LogP contribution in [-0.4, -0.2) is 90.5 Å². The van der Waals surface area contributed by atoms with Crippen LogP contribution < -0.4 is 15.4 Å². The molecule has 0 saturated carbocycles. The predicted molar refractivity (Wildman–Crippen MR) is 126 cm³/mol. The molecular formula is C24H36N4O6. The van der Waals surface area contributed by atoms with Gasteiger partial charge >= 0.3 is 0 Å². The zero-order chi connectivity index (χ0) is 25.3. The van der Waals surface area contributed by atoms with E-state index in [0.29, 0.717) is 18.7 Å². The highest BCUT2D eigenvalue weighted by molar-refractivity contribution is 6.01. The number of amides is 4. The molecule has 0 unspecified atom stereocenters. The third-order valence-electron chi connectivity index (χ3n) is 5.59. The SMILES string of the molecule is CCN(CCO)C(=O)[C@@H]1CC(=O)N[C@@H](CC(C)C)C(=O)N(C)CCOc2ccccc2C(=O)N1. The molecule has 1 aliphatic heterocycles. The van der Waals surface area contributed by atoms with Gasteiger partial charge in [-0.25, -0.2) is 0 Å². The molecule has 10 heteroatoms. The first-order chi connectivity index (χ1) is 16.2. The molecule has 0 spiro atoms. The predicted octanol–water partition coefficient (Wildman–Crippen LogP) is 0.398. The number of likely N-dealkylation sites (N-methyl/N-ethyl adjacent to an activating group) is 2. The zero-order valence-corrected chi connectivity index (χ0v) is 20.4. The van der Waals surface area contributed by atoms with Gasteiger partial charge in [-0.2, -0.15) is 0 Å². The lowest BCUT2D eigenvalue weighted by Gasteiger charge is -2.29. The Morgan fingerprint density at radius 1 is 1.24 bits per heavy atom. The summed E-state index contributed by atoms with van der Waals surface area (Å²) in [5, 5.41) is 14.7. The van der Waals surface area contributed by atoms with E-state index in [9.17, 15) is 24.3 Å². The second-order valence-corrected chi connectivity index (χ2v) is 8.73. The topological polar surface area (TPSA) is 128 Å². The summed E-state index contributed by atoms with van der Waals surface area (Å²) in [5.41, 5.74) is 0.217. The van der Waals surface area contributed by atoms with Crippen molar-refractivity contribution in [1.82, 2.24) is 20.4 Å². The van der Waals surface area contributed by atoms with Gasteiger partial charge in [-0.3, -0.25) is 19.2 Å². The number of nitrogens with zero attached hydrogens (tertiary/aromatic N) is 2. The Kier molecular flexibility index (Phi) is 10.3. The fourth-order valence-corrected chi connectivity index (χ4v) is 3.78. The molecule has 2 atom stereocenters. The Balaban J connectivity index is 2.42. The number of nitrogens with one attached hydrogen (secondary N) is 2. The van der Waals surface area contributed by atoms with Crippen molar-refractivity contribution in [1.29, 1.82) is 0 Å². The first kappa shape index (κ1) is 27.1. The number of fused-ring (bicyclic) bond motifs is 1. The lowest BCUT2D eigenvalue weighted by atomic mass is 10.0. The Bertz CT molecular complexity index is 875. The molecule has 188 valence electrons.